The molecule has 0 radical (unpaired) electrons. The fourth-order valence-corrected chi connectivity index (χ4v) is 4.55. The maximum atomic E-state index is 12.3. The van der Waals surface area contributed by atoms with Crippen LogP contribution in [0.4, 0.5) is 5.69 Å². The van der Waals surface area contributed by atoms with Crippen molar-refractivity contribution in [2.75, 3.05) is 4.72 Å². The van der Waals surface area contributed by atoms with Gasteiger partial charge in [-0.15, -0.1) is 11.3 Å². The molecular formula is C12H10ClNO5S2. The standard InChI is InChI=1S/C12H10ClNO5S2/c1-6-5-20-10(12(16)17)11(6)21(18,19)14-7-2-3-9(15)8(13)4-7/h2-5,14-15H,1H3,(H,16,17). The van der Waals surface area contributed by atoms with Gasteiger partial charge >= 0.3 is 5.97 Å². The van der Waals surface area contributed by atoms with E-state index in [1.54, 1.807) is 0 Å². The number of thiophene rings is 1. The van der Waals surface area contributed by atoms with Crippen molar-refractivity contribution in [3.63, 3.8) is 0 Å². The monoisotopic (exact) mass is 347 g/mol. The van der Waals surface area contributed by atoms with Crippen LogP contribution in [-0.2, 0) is 10.0 Å². The van der Waals surface area contributed by atoms with Gasteiger partial charge in [0, 0.05) is 0 Å². The summed E-state index contributed by atoms with van der Waals surface area (Å²) in [6.45, 7) is 1.52. The number of carbonyl (C=O) groups is 1. The van der Waals surface area contributed by atoms with E-state index in [0.29, 0.717) is 5.56 Å². The molecule has 0 spiro atoms. The molecule has 0 fully saturated rings. The first-order valence-corrected chi connectivity index (χ1v) is 8.29. The number of rotatable bonds is 4. The van der Waals surface area contributed by atoms with Crippen molar-refractivity contribution in [1.82, 2.24) is 0 Å². The maximum absolute atomic E-state index is 12.3. The molecular weight excluding hydrogens is 338 g/mol. The quantitative estimate of drug-likeness (QED) is 0.738. The second kappa shape index (κ2) is 5.55. The molecule has 0 saturated heterocycles. The van der Waals surface area contributed by atoms with E-state index in [2.05, 4.69) is 4.72 Å². The number of aryl methyl sites for hydroxylation is 1. The van der Waals surface area contributed by atoms with Crippen LogP contribution in [0, 0.1) is 6.92 Å². The predicted molar refractivity (Wildman–Crippen MR) is 79.9 cm³/mol. The summed E-state index contributed by atoms with van der Waals surface area (Å²) in [6, 6.07) is 3.79. The van der Waals surface area contributed by atoms with E-state index >= 15 is 0 Å². The first kappa shape index (κ1) is 15.6. The molecule has 2 aromatic rings. The van der Waals surface area contributed by atoms with Gasteiger partial charge in [0.25, 0.3) is 10.0 Å². The maximum Gasteiger partial charge on any atom is 0.347 e. The molecule has 0 aliphatic heterocycles. The van der Waals surface area contributed by atoms with Gasteiger partial charge < -0.3 is 10.2 Å². The van der Waals surface area contributed by atoms with Crippen LogP contribution in [0.3, 0.4) is 0 Å². The van der Waals surface area contributed by atoms with E-state index in [9.17, 15) is 18.3 Å². The third-order valence-corrected chi connectivity index (χ3v) is 5.67. The van der Waals surface area contributed by atoms with Crippen LogP contribution >= 0.6 is 22.9 Å². The molecule has 1 aromatic carbocycles. The van der Waals surface area contributed by atoms with Gasteiger partial charge in [-0.3, -0.25) is 4.72 Å². The summed E-state index contributed by atoms with van der Waals surface area (Å²) >= 11 is 6.55. The second-order valence-corrected chi connectivity index (χ2v) is 7.06. The summed E-state index contributed by atoms with van der Waals surface area (Å²) in [5.41, 5.74) is 0.467. The second-order valence-electron chi connectivity index (χ2n) is 4.15. The number of benzene rings is 1. The highest BCUT2D eigenvalue weighted by molar-refractivity contribution is 7.93. The molecule has 21 heavy (non-hydrogen) atoms. The van der Waals surface area contributed by atoms with Gasteiger partial charge in [-0.25, -0.2) is 13.2 Å². The van der Waals surface area contributed by atoms with Crippen molar-refractivity contribution >= 4 is 44.6 Å². The summed E-state index contributed by atoms with van der Waals surface area (Å²) < 4.78 is 26.9. The van der Waals surface area contributed by atoms with Crippen molar-refractivity contribution in [3.05, 3.63) is 39.0 Å². The zero-order valence-corrected chi connectivity index (χ0v) is 13.0. The van der Waals surface area contributed by atoms with Gasteiger partial charge in [0.05, 0.1) is 10.7 Å². The number of halogens is 1. The Bertz CT molecular complexity index is 813. The number of anilines is 1. The Morgan fingerprint density at radius 1 is 1.38 bits per heavy atom. The lowest BCUT2D eigenvalue weighted by Crippen LogP contribution is -2.16. The van der Waals surface area contributed by atoms with E-state index in [1.165, 1.54) is 30.5 Å². The van der Waals surface area contributed by atoms with Crippen LogP contribution in [0.5, 0.6) is 5.75 Å². The summed E-state index contributed by atoms with van der Waals surface area (Å²) in [5.74, 6) is -1.49. The van der Waals surface area contributed by atoms with Crippen LogP contribution in [-0.4, -0.2) is 24.6 Å². The SMILES string of the molecule is Cc1csc(C(=O)O)c1S(=O)(=O)Nc1ccc(O)c(Cl)c1. The highest BCUT2D eigenvalue weighted by Crippen LogP contribution is 2.31. The zero-order chi connectivity index (χ0) is 15.8. The minimum Gasteiger partial charge on any atom is -0.506 e. The molecule has 0 aliphatic rings. The number of carboxylic acid groups (broad SMARTS) is 1. The Labute approximate surface area is 129 Å². The van der Waals surface area contributed by atoms with Gasteiger partial charge in [-0.2, -0.15) is 0 Å². The number of aromatic hydroxyl groups is 1. The fraction of sp³-hybridized carbons (Fsp3) is 0.0833. The minimum absolute atomic E-state index is 0.0179. The molecule has 0 unspecified atom stereocenters. The predicted octanol–water partition coefficient (Wildman–Crippen LogP) is 2.91. The lowest BCUT2D eigenvalue weighted by atomic mass is 10.3. The third-order valence-electron chi connectivity index (χ3n) is 2.58. The van der Waals surface area contributed by atoms with Crippen molar-refractivity contribution in [2.45, 2.75) is 11.8 Å². The summed E-state index contributed by atoms with van der Waals surface area (Å²) in [4.78, 5) is 10.6. The van der Waals surface area contributed by atoms with Gasteiger partial charge in [-0.05, 0) is 36.1 Å². The number of phenolic OH excluding ortho intramolecular Hbond substituents is 1. The smallest absolute Gasteiger partial charge is 0.347 e. The van der Waals surface area contributed by atoms with Crippen molar-refractivity contribution in [1.29, 1.82) is 0 Å². The number of sulfonamides is 1. The highest BCUT2D eigenvalue weighted by atomic mass is 35.5. The fourth-order valence-electron chi connectivity index (χ4n) is 1.69. The van der Waals surface area contributed by atoms with E-state index in [0.717, 1.165) is 11.3 Å². The van der Waals surface area contributed by atoms with Crippen molar-refractivity contribution in [2.24, 2.45) is 0 Å². The third kappa shape index (κ3) is 3.12. The molecule has 1 aromatic heterocycles. The van der Waals surface area contributed by atoms with Crippen molar-refractivity contribution < 1.29 is 23.4 Å². The average molecular weight is 348 g/mol. The number of carboxylic acids is 1. The van der Waals surface area contributed by atoms with Crippen LogP contribution in [0.15, 0.2) is 28.5 Å². The topological polar surface area (TPSA) is 104 Å². The molecule has 2 rings (SSSR count). The highest BCUT2D eigenvalue weighted by Gasteiger charge is 2.27. The normalized spacial score (nSPS) is 11.3. The van der Waals surface area contributed by atoms with Crippen LogP contribution in [0.2, 0.25) is 5.02 Å². The number of phenols is 1. The number of hydrogen-bond acceptors (Lipinski definition) is 5. The Morgan fingerprint density at radius 2 is 2.05 bits per heavy atom. The first-order chi connectivity index (χ1) is 9.72. The molecule has 0 aliphatic carbocycles. The molecule has 0 bridgehead atoms. The summed E-state index contributed by atoms with van der Waals surface area (Å²) in [5, 5.41) is 19.8. The number of hydrogen-bond donors (Lipinski definition) is 3. The Hall–Kier alpha value is -1.77. The molecule has 3 N–H and O–H groups in total. The Kier molecular flexibility index (Phi) is 4.13. The van der Waals surface area contributed by atoms with Gasteiger partial charge in [0.15, 0.2) is 0 Å². The summed E-state index contributed by atoms with van der Waals surface area (Å²) in [7, 11) is -4.07. The molecule has 1 heterocycles. The van der Waals surface area contributed by atoms with Gasteiger partial charge in [-0.1, -0.05) is 11.6 Å². The van der Waals surface area contributed by atoms with E-state index < -0.39 is 16.0 Å². The van der Waals surface area contributed by atoms with Gasteiger partial charge in [0.1, 0.15) is 15.5 Å². The average Bonchev–Trinajstić information content (AvgIpc) is 2.76. The molecule has 0 atom stereocenters. The molecule has 0 saturated carbocycles. The largest absolute Gasteiger partial charge is 0.506 e. The minimum atomic E-state index is -4.07. The molecule has 6 nitrogen and oxygen atoms in total. The number of aromatic carboxylic acids is 1. The van der Waals surface area contributed by atoms with E-state index in [1.807, 2.05) is 0 Å². The lowest BCUT2D eigenvalue weighted by Gasteiger charge is -2.09. The number of nitrogens with one attached hydrogen (secondary N) is 1. The van der Waals surface area contributed by atoms with Crippen LogP contribution in [0.1, 0.15) is 15.2 Å². The Balaban J connectivity index is 2.45. The van der Waals surface area contributed by atoms with Crippen LogP contribution in [0.25, 0.3) is 0 Å². The van der Waals surface area contributed by atoms with Gasteiger partial charge in [0.2, 0.25) is 0 Å². The summed E-state index contributed by atoms with van der Waals surface area (Å²) in [6.07, 6.45) is 0. The molecule has 112 valence electrons. The molecule has 0 amide bonds. The zero-order valence-electron chi connectivity index (χ0n) is 10.6. The van der Waals surface area contributed by atoms with Crippen molar-refractivity contribution in [3.8, 4) is 5.75 Å². The van der Waals surface area contributed by atoms with Crippen LogP contribution < -0.4 is 4.72 Å². The Morgan fingerprint density at radius 3 is 2.62 bits per heavy atom. The molecule has 9 heteroatoms. The van der Waals surface area contributed by atoms with E-state index in [-0.39, 0.29) is 26.2 Å². The lowest BCUT2D eigenvalue weighted by molar-refractivity contribution is 0.0698. The van der Waals surface area contributed by atoms with E-state index in [4.69, 9.17) is 16.7 Å². The first-order valence-electron chi connectivity index (χ1n) is 5.55.